The van der Waals surface area contributed by atoms with Crippen LogP contribution in [0.4, 0.5) is 8.78 Å². The van der Waals surface area contributed by atoms with Crippen molar-refractivity contribution in [1.82, 2.24) is 24.7 Å². The molecule has 0 bridgehead atoms. The highest BCUT2D eigenvalue weighted by atomic mass is 32.2. The van der Waals surface area contributed by atoms with Gasteiger partial charge in [0.2, 0.25) is 11.0 Å². The molecule has 4 rings (SSSR count). The maximum atomic E-state index is 13.2. The number of aromatic nitrogens is 5. The van der Waals surface area contributed by atoms with Crippen molar-refractivity contribution < 1.29 is 8.78 Å². The van der Waals surface area contributed by atoms with Crippen molar-refractivity contribution in [2.45, 2.75) is 18.5 Å². The van der Waals surface area contributed by atoms with Crippen LogP contribution in [0.5, 0.6) is 0 Å². The van der Waals surface area contributed by atoms with Crippen LogP contribution in [0.25, 0.3) is 6.08 Å². The van der Waals surface area contributed by atoms with Crippen LogP contribution in [0.1, 0.15) is 29.1 Å². The molecular weight excluding hydrogens is 358 g/mol. The van der Waals surface area contributed by atoms with E-state index in [1.54, 1.807) is 10.9 Å². The van der Waals surface area contributed by atoms with Crippen molar-refractivity contribution in [2.24, 2.45) is 12.1 Å². The average molecular weight is 372 g/mol. The normalized spacial score (nSPS) is 15.4. The highest BCUT2D eigenvalue weighted by Crippen LogP contribution is 2.36. The van der Waals surface area contributed by atoms with Crippen LogP contribution in [0.3, 0.4) is 0 Å². The molecule has 0 radical (unpaired) electrons. The van der Waals surface area contributed by atoms with Crippen LogP contribution in [-0.2, 0) is 7.05 Å². The Kier molecular flexibility index (Phi) is 4.15. The fraction of sp³-hybridized carbons (Fsp3) is 0.176. The van der Waals surface area contributed by atoms with Gasteiger partial charge in [0.25, 0.3) is 6.43 Å². The third kappa shape index (κ3) is 2.84. The Morgan fingerprint density at radius 3 is 2.58 bits per heavy atom. The largest absolute Gasteiger partial charge is 0.299 e. The Labute approximate surface area is 152 Å². The second-order valence-corrected chi connectivity index (χ2v) is 6.70. The molecule has 3 heterocycles. The molecule has 1 aromatic carbocycles. The summed E-state index contributed by atoms with van der Waals surface area (Å²) in [6.07, 6.45) is 0.956. The minimum Gasteiger partial charge on any atom is -0.272 e. The minimum atomic E-state index is -2.75. The van der Waals surface area contributed by atoms with Crippen molar-refractivity contribution in [3.63, 3.8) is 0 Å². The number of hydrogen-bond donors (Lipinski definition) is 0. The molecule has 9 heteroatoms. The molecule has 0 unspecified atom stereocenters. The molecule has 0 atom stereocenters. The number of fused-ring (bicyclic) bond motifs is 1. The number of halogens is 2. The Morgan fingerprint density at radius 2 is 1.92 bits per heavy atom. The summed E-state index contributed by atoms with van der Waals surface area (Å²) in [5.74, 6) is -0.461. The molecule has 0 fully saturated rings. The van der Waals surface area contributed by atoms with Gasteiger partial charge in [0, 0.05) is 28.8 Å². The Hall–Kier alpha value is -2.81. The Bertz CT molecular complexity index is 1020. The molecule has 0 amide bonds. The van der Waals surface area contributed by atoms with E-state index in [4.69, 9.17) is 0 Å². The quantitative estimate of drug-likeness (QED) is 0.704. The highest BCUT2D eigenvalue weighted by Gasteiger charge is 2.27. The van der Waals surface area contributed by atoms with Crippen molar-refractivity contribution >= 4 is 23.5 Å². The van der Waals surface area contributed by atoms with Crippen molar-refractivity contribution in [3.8, 4) is 0 Å². The molecule has 3 aromatic rings. The summed E-state index contributed by atoms with van der Waals surface area (Å²) >= 11 is 1.26. The van der Waals surface area contributed by atoms with E-state index in [0.29, 0.717) is 10.9 Å². The lowest BCUT2D eigenvalue weighted by Crippen LogP contribution is -2.13. The molecule has 0 saturated carbocycles. The van der Waals surface area contributed by atoms with E-state index in [-0.39, 0.29) is 0 Å². The second kappa shape index (κ2) is 6.49. The molecule has 132 valence electrons. The van der Waals surface area contributed by atoms with Gasteiger partial charge < -0.3 is 0 Å². The van der Waals surface area contributed by atoms with E-state index in [0.717, 1.165) is 26.4 Å². The lowest BCUT2D eigenvalue weighted by Gasteiger charge is -2.17. The van der Waals surface area contributed by atoms with E-state index >= 15 is 0 Å². The van der Waals surface area contributed by atoms with Crippen LogP contribution < -0.4 is 0 Å². The van der Waals surface area contributed by atoms with Gasteiger partial charge in [-0.2, -0.15) is 14.9 Å². The SMILES string of the molecule is Cc1c(/C=C2/Sc3nnc(C(F)F)n3N=C2c2ccccc2)cnn1C. The molecule has 0 aliphatic carbocycles. The van der Waals surface area contributed by atoms with Crippen LogP contribution in [0.15, 0.2) is 51.7 Å². The number of rotatable bonds is 3. The number of allylic oxidation sites excluding steroid dienone is 1. The van der Waals surface area contributed by atoms with Crippen LogP contribution in [-0.4, -0.2) is 30.4 Å². The fourth-order valence-electron chi connectivity index (χ4n) is 2.56. The Morgan fingerprint density at radius 1 is 1.15 bits per heavy atom. The number of nitrogens with zero attached hydrogens (tertiary/aromatic N) is 6. The number of aryl methyl sites for hydroxylation is 1. The summed E-state index contributed by atoms with van der Waals surface area (Å²) < 4.78 is 29.3. The number of thioether (sulfide) groups is 1. The minimum absolute atomic E-state index is 0.313. The maximum Gasteiger partial charge on any atom is 0.299 e. The van der Waals surface area contributed by atoms with Crippen LogP contribution >= 0.6 is 11.8 Å². The third-order valence-corrected chi connectivity index (χ3v) is 5.04. The van der Waals surface area contributed by atoms with Gasteiger partial charge in [-0.05, 0) is 24.8 Å². The summed E-state index contributed by atoms with van der Waals surface area (Å²) in [7, 11) is 1.86. The molecule has 6 nitrogen and oxygen atoms in total. The van der Waals surface area contributed by atoms with Crippen LogP contribution in [0.2, 0.25) is 0 Å². The fourth-order valence-corrected chi connectivity index (χ4v) is 3.50. The van der Waals surface area contributed by atoms with Gasteiger partial charge in [-0.15, -0.1) is 10.2 Å². The smallest absolute Gasteiger partial charge is 0.272 e. The average Bonchev–Trinajstić information content (AvgIpc) is 3.20. The molecule has 1 aliphatic rings. The molecule has 1 aliphatic heterocycles. The summed E-state index contributed by atoms with van der Waals surface area (Å²) in [5.41, 5.74) is 3.34. The summed E-state index contributed by atoms with van der Waals surface area (Å²) in [4.78, 5) is 0.799. The first kappa shape index (κ1) is 16.6. The first-order chi connectivity index (χ1) is 12.5. The van der Waals surface area contributed by atoms with Gasteiger partial charge in [0.05, 0.1) is 6.20 Å². The molecule has 2 aromatic heterocycles. The number of alkyl halides is 2. The topological polar surface area (TPSA) is 60.9 Å². The molecule has 0 saturated heterocycles. The second-order valence-electron chi connectivity index (χ2n) is 5.69. The zero-order valence-electron chi connectivity index (χ0n) is 14.0. The highest BCUT2D eigenvalue weighted by molar-refractivity contribution is 8.04. The van der Waals surface area contributed by atoms with Crippen LogP contribution in [0, 0.1) is 6.92 Å². The number of benzene rings is 1. The lowest BCUT2D eigenvalue weighted by molar-refractivity contribution is 0.135. The standard InChI is InChI=1S/C17H14F2N6S/c1-10-12(9-20-24(10)2)8-13-14(11-6-4-3-5-7-11)23-25-16(15(18)19)21-22-17(25)26-13/h3-9,15H,1-2H3/b13-8+. The molecular formula is C17H14F2N6S. The van der Waals surface area contributed by atoms with E-state index < -0.39 is 12.2 Å². The molecule has 0 N–H and O–H groups in total. The monoisotopic (exact) mass is 372 g/mol. The van der Waals surface area contributed by atoms with Crippen molar-refractivity contribution in [2.75, 3.05) is 0 Å². The zero-order valence-corrected chi connectivity index (χ0v) is 14.8. The van der Waals surface area contributed by atoms with Gasteiger partial charge in [0.1, 0.15) is 5.71 Å². The van der Waals surface area contributed by atoms with Crippen molar-refractivity contribution in [3.05, 3.63) is 64.1 Å². The van der Waals surface area contributed by atoms with E-state index in [1.807, 2.05) is 50.4 Å². The first-order valence-corrected chi connectivity index (χ1v) is 8.62. The zero-order chi connectivity index (χ0) is 18.3. The first-order valence-electron chi connectivity index (χ1n) is 7.81. The maximum absolute atomic E-state index is 13.2. The Balaban J connectivity index is 1.88. The lowest BCUT2D eigenvalue weighted by atomic mass is 10.1. The molecule has 0 spiro atoms. The van der Waals surface area contributed by atoms with Gasteiger partial charge in [-0.3, -0.25) is 4.68 Å². The number of hydrogen-bond acceptors (Lipinski definition) is 5. The van der Waals surface area contributed by atoms with Gasteiger partial charge in [0.15, 0.2) is 0 Å². The molecule has 26 heavy (non-hydrogen) atoms. The van der Waals surface area contributed by atoms with Gasteiger partial charge >= 0.3 is 0 Å². The van der Waals surface area contributed by atoms with Gasteiger partial charge in [-0.25, -0.2) is 8.78 Å². The van der Waals surface area contributed by atoms with E-state index in [9.17, 15) is 8.78 Å². The summed E-state index contributed by atoms with van der Waals surface area (Å²) in [6.45, 7) is 1.96. The van der Waals surface area contributed by atoms with E-state index in [2.05, 4.69) is 20.4 Å². The van der Waals surface area contributed by atoms with Gasteiger partial charge in [-0.1, -0.05) is 30.3 Å². The summed E-state index contributed by atoms with van der Waals surface area (Å²) in [5, 5.41) is 16.4. The predicted molar refractivity (Wildman–Crippen MR) is 95.1 cm³/mol. The predicted octanol–water partition coefficient (Wildman–Crippen LogP) is 3.66. The summed E-state index contributed by atoms with van der Waals surface area (Å²) in [6, 6.07) is 9.43. The van der Waals surface area contributed by atoms with Crippen molar-refractivity contribution in [1.29, 1.82) is 0 Å². The van der Waals surface area contributed by atoms with E-state index in [1.165, 1.54) is 11.8 Å². The third-order valence-electron chi connectivity index (χ3n) is 4.07.